The van der Waals surface area contributed by atoms with Crippen molar-refractivity contribution in [2.45, 2.75) is 76.1 Å². The smallest absolute Gasteiger partial charge is 0.303 e. The van der Waals surface area contributed by atoms with Crippen LogP contribution in [-0.2, 0) is 11.2 Å². The highest BCUT2D eigenvalue weighted by atomic mass is 16.4. The van der Waals surface area contributed by atoms with Gasteiger partial charge in [0.2, 0.25) is 0 Å². The van der Waals surface area contributed by atoms with Crippen LogP contribution in [0.15, 0.2) is 42.5 Å². The van der Waals surface area contributed by atoms with Crippen LogP contribution < -0.4 is 0 Å². The highest BCUT2D eigenvalue weighted by molar-refractivity contribution is 5.66. The largest absolute Gasteiger partial charge is 0.481 e. The molecule has 1 saturated carbocycles. The van der Waals surface area contributed by atoms with Crippen molar-refractivity contribution in [1.82, 2.24) is 0 Å². The molecule has 4 N–H and O–H groups in total. The first-order chi connectivity index (χ1) is 13.5. The van der Waals surface area contributed by atoms with E-state index in [-0.39, 0.29) is 18.3 Å². The zero-order valence-electron chi connectivity index (χ0n) is 16.5. The first-order valence-electron chi connectivity index (χ1n) is 10.4. The zero-order valence-corrected chi connectivity index (χ0v) is 16.5. The van der Waals surface area contributed by atoms with Crippen LogP contribution in [0.25, 0.3) is 0 Å². The van der Waals surface area contributed by atoms with Gasteiger partial charge in [0.1, 0.15) is 0 Å². The number of rotatable bonds is 12. The quantitative estimate of drug-likeness (QED) is 0.324. The summed E-state index contributed by atoms with van der Waals surface area (Å²) in [4.78, 5) is 10.5. The number of hydrogen-bond donors (Lipinski definition) is 4. The summed E-state index contributed by atoms with van der Waals surface area (Å²) in [6.07, 6.45) is 7.91. The summed E-state index contributed by atoms with van der Waals surface area (Å²) >= 11 is 0. The number of carbonyl (C=O) groups is 1. The van der Waals surface area contributed by atoms with Gasteiger partial charge in [0, 0.05) is 6.42 Å². The molecule has 156 valence electrons. The Morgan fingerprint density at radius 1 is 1.07 bits per heavy atom. The minimum atomic E-state index is -0.784. The highest BCUT2D eigenvalue weighted by Gasteiger charge is 2.40. The molecule has 5 nitrogen and oxygen atoms in total. The van der Waals surface area contributed by atoms with Crippen molar-refractivity contribution < 1.29 is 25.2 Å². The van der Waals surface area contributed by atoms with Crippen molar-refractivity contribution in [3.8, 4) is 0 Å². The Balaban J connectivity index is 1.74. The number of unbranched alkanes of at least 4 members (excludes halogenated alkanes) is 1. The van der Waals surface area contributed by atoms with Gasteiger partial charge in [-0.15, -0.1) is 0 Å². The molecule has 0 spiro atoms. The first-order valence-corrected chi connectivity index (χ1v) is 10.4. The second-order valence-corrected chi connectivity index (χ2v) is 7.95. The maximum Gasteiger partial charge on any atom is 0.303 e. The Kier molecular flexibility index (Phi) is 9.68. The van der Waals surface area contributed by atoms with Crippen molar-refractivity contribution in [2.24, 2.45) is 11.8 Å². The molecule has 5 atom stereocenters. The fraction of sp³-hybridized carbons (Fsp3) is 0.609. The van der Waals surface area contributed by atoms with Crippen LogP contribution in [0.5, 0.6) is 0 Å². The Morgan fingerprint density at radius 2 is 1.79 bits per heavy atom. The van der Waals surface area contributed by atoms with Gasteiger partial charge in [-0.2, -0.15) is 0 Å². The molecular weight excluding hydrogens is 356 g/mol. The second-order valence-electron chi connectivity index (χ2n) is 7.95. The molecule has 0 aromatic heterocycles. The van der Waals surface area contributed by atoms with Crippen LogP contribution in [0, 0.1) is 11.8 Å². The van der Waals surface area contributed by atoms with Crippen molar-refractivity contribution >= 4 is 5.97 Å². The van der Waals surface area contributed by atoms with E-state index in [2.05, 4.69) is 12.1 Å². The lowest BCUT2D eigenvalue weighted by Gasteiger charge is -2.23. The second kappa shape index (κ2) is 12.0. The molecule has 2 rings (SSSR count). The van der Waals surface area contributed by atoms with E-state index in [0.29, 0.717) is 44.9 Å². The number of aryl methyl sites for hydroxylation is 1. The number of allylic oxidation sites excluding steroid dienone is 2. The lowest BCUT2D eigenvalue weighted by molar-refractivity contribution is -0.137. The third-order valence-electron chi connectivity index (χ3n) is 5.80. The standard InChI is InChI=1S/C23H34O5/c24-18(13-12-17-8-4-3-5-9-17)14-15-20-19(21(25)16-22(20)26)10-6-1-2-7-11-23(27)28/h1,3-6,8-9,18-22,24-26H,2,7,10-16H2,(H,27,28)/b6-1+/t18-,19+,20-,21-,22+/m1/s1. The molecule has 0 aliphatic heterocycles. The summed E-state index contributed by atoms with van der Waals surface area (Å²) in [5.74, 6) is -0.800. The summed E-state index contributed by atoms with van der Waals surface area (Å²) in [5.41, 5.74) is 1.21. The van der Waals surface area contributed by atoms with E-state index >= 15 is 0 Å². The van der Waals surface area contributed by atoms with Gasteiger partial charge in [0.15, 0.2) is 0 Å². The van der Waals surface area contributed by atoms with E-state index in [1.54, 1.807) is 0 Å². The van der Waals surface area contributed by atoms with E-state index in [0.717, 1.165) is 6.42 Å². The molecular formula is C23H34O5. The van der Waals surface area contributed by atoms with Gasteiger partial charge in [-0.05, 0) is 68.8 Å². The average Bonchev–Trinajstić information content (AvgIpc) is 2.94. The van der Waals surface area contributed by atoms with Gasteiger partial charge in [-0.1, -0.05) is 42.5 Å². The van der Waals surface area contributed by atoms with E-state index in [9.17, 15) is 20.1 Å². The molecule has 0 saturated heterocycles. The molecule has 1 aromatic carbocycles. The van der Waals surface area contributed by atoms with Crippen molar-refractivity contribution in [3.63, 3.8) is 0 Å². The Morgan fingerprint density at radius 3 is 2.50 bits per heavy atom. The van der Waals surface area contributed by atoms with Gasteiger partial charge in [0.05, 0.1) is 18.3 Å². The van der Waals surface area contributed by atoms with Crippen LogP contribution in [0.3, 0.4) is 0 Å². The molecule has 5 heteroatoms. The van der Waals surface area contributed by atoms with Crippen LogP contribution in [0.4, 0.5) is 0 Å². The molecule has 1 aromatic rings. The highest BCUT2D eigenvalue weighted by Crippen LogP contribution is 2.38. The summed E-state index contributed by atoms with van der Waals surface area (Å²) in [6.45, 7) is 0. The fourth-order valence-corrected chi connectivity index (χ4v) is 4.16. The SMILES string of the molecule is O=C(O)CCC/C=C/C[C@H]1[C@@H](CC[C@H](O)CCc2ccccc2)[C@@H](O)C[C@H]1O. The molecule has 0 unspecified atom stereocenters. The summed E-state index contributed by atoms with van der Waals surface area (Å²) in [5, 5.41) is 39.6. The van der Waals surface area contributed by atoms with E-state index in [1.807, 2.05) is 30.4 Å². The average molecular weight is 391 g/mol. The molecule has 28 heavy (non-hydrogen) atoms. The number of carboxylic acids is 1. The van der Waals surface area contributed by atoms with E-state index < -0.39 is 24.3 Å². The number of aliphatic hydroxyl groups excluding tert-OH is 3. The number of carboxylic acid groups (broad SMARTS) is 1. The number of aliphatic carboxylic acids is 1. The third kappa shape index (κ3) is 7.74. The molecule has 0 amide bonds. The molecule has 0 bridgehead atoms. The normalized spacial score (nSPS) is 26.0. The fourth-order valence-electron chi connectivity index (χ4n) is 4.16. The summed E-state index contributed by atoms with van der Waals surface area (Å²) < 4.78 is 0. The lowest BCUT2D eigenvalue weighted by atomic mass is 9.85. The predicted octanol–water partition coefficient (Wildman–Crippen LogP) is 3.32. The molecule has 1 aliphatic rings. The Labute approximate surface area is 167 Å². The Bertz CT molecular complexity index is 600. The predicted molar refractivity (Wildman–Crippen MR) is 109 cm³/mol. The maximum absolute atomic E-state index is 10.5. The third-order valence-corrected chi connectivity index (χ3v) is 5.80. The summed E-state index contributed by atoms with van der Waals surface area (Å²) in [7, 11) is 0. The van der Waals surface area contributed by atoms with Gasteiger partial charge >= 0.3 is 5.97 Å². The van der Waals surface area contributed by atoms with Crippen molar-refractivity contribution in [2.75, 3.05) is 0 Å². The van der Waals surface area contributed by atoms with Crippen molar-refractivity contribution in [1.29, 1.82) is 0 Å². The van der Waals surface area contributed by atoms with Crippen LogP contribution in [0.1, 0.15) is 56.9 Å². The lowest BCUT2D eigenvalue weighted by Crippen LogP contribution is -2.23. The minimum Gasteiger partial charge on any atom is -0.481 e. The monoisotopic (exact) mass is 390 g/mol. The maximum atomic E-state index is 10.5. The first kappa shape index (κ1) is 22.6. The van der Waals surface area contributed by atoms with Crippen LogP contribution in [-0.4, -0.2) is 44.7 Å². The van der Waals surface area contributed by atoms with Crippen LogP contribution in [0.2, 0.25) is 0 Å². The van der Waals surface area contributed by atoms with Gasteiger partial charge in [0.25, 0.3) is 0 Å². The summed E-state index contributed by atoms with van der Waals surface area (Å²) in [6, 6.07) is 10.1. The topological polar surface area (TPSA) is 98.0 Å². The zero-order chi connectivity index (χ0) is 20.4. The minimum absolute atomic E-state index is 0.00736. The number of benzene rings is 1. The molecule has 0 radical (unpaired) electrons. The van der Waals surface area contributed by atoms with Crippen molar-refractivity contribution in [3.05, 3.63) is 48.0 Å². The molecule has 1 aliphatic carbocycles. The molecule has 0 heterocycles. The van der Waals surface area contributed by atoms with Gasteiger partial charge < -0.3 is 20.4 Å². The van der Waals surface area contributed by atoms with Gasteiger partial charge in [-0.25, -0.2) is 0 Å². The van der Waals surface area contributed by atoms with Gasteiger partial charge in [-0.3, -0.25) is 4.79 Å². The van der Waals surface area contributed by atoms with E-state index in [1.165, 1.54) is 5.56 Å². The molecule has 1 fully saturated rings. The van der Waals surface area contributed by atoms with E-state index in [4.69, 9.17) is 5.11 Å². The van der Waals surface area contributed by atoms with Crippen LogP contribution >= 0.6 is 0 Å². The number of hydrogen-bond acceptors (Lipinski definition) is 4. The number of aliphatic hydroxyl groups is 3. The Hall–Kier alpha value is -1.69.